The number of anilines is 1. The Balaban J connectivity index is 1.86. The highest BCUT2D eigenvalue weighted by molar-refractivity contribution is 6.34. The van der Waals surface area contributed by atoms with E-state index in [4.69, 9.17) is 16.1 Å². The van der Waals surface area contributed by atoms with Crippen molar-refractivity contribution in [1.82, 2.24) is 10.1 Å². The van der Waals surface area contributed by atoms with Crippen LogP contribution < -0.4 is 5.32 Å². The maximum Gasteiger partial charge on any atom is 0.416 e. The molecule has 0 unspecified atom stereocenters. The molecular weight excluding hydrogens is 387 g/mol. The smallest absolute Gasteiger partial charge is 0.358 e. The fraction of sp³-hybridized carbons (Fsp3) is 0.353. The van der Waals surface area contributed by atoms with Crippen molar-refractivity contribution in [2.75, 3.05) is 18.9 Å². The van der Waals surface area contributed by atoms with Gasteiger partial charge in [0.2, 0.25) is 11.8 Å². The van der Waals surface area contributed by atoms with Gasteiger partial charge in [0, 0.05) is 19.5 Å². The molecule has 3 rings (SSSR count). The van der Waals surface area contributed by atoms with Crippen molar-refractivity contribution >= 4 is 29.2 Å². The fourth-order valence-corrected chi connectivity index (χ4v) is 3.16. The van der Waals surface area contributed by atoms with E-state index in [1.807, 2.05) is 0 Å². The zero-order valence-corrected chi connectivity index (χ0v) is 15.1. The Morgan fingerprint density at radius 3 is 2.48 bits per heavy atom. The van der Waals surface area contributed by atoms with Crippen LogP contribution in [0, 0.1) is 12.8 Å². The molecule has 6 nitrogen and oxygen atoms in total. The quantitative estimate of drug-likeness (QED) is 0.799. The second-order valence-corrected chi connectivity index (χ2v) is 6.69. The van der Waals surface area contributed by atoms with Gasteiger partial charge in [-0.25, -0.2) is 0 Å². The van der Waals surface area contributed by atoms with Gasteiger partial charge >= 0.3 is 6.18 Å². The van der Waals surface area contributed by atoms with Crippen LogP contribution >= 0.6 is 11.6 Å². The third kappa shape index (κ3) is 3.64. The van der Waals surface area contributed by atoms with Gasteiger partial charge in [0.05, 0.1) is 5.56 Å². The van der Waals surface area contributed by atoms with Gasteiger partial charge in [-0.15, -0.1) is 0 Å². The highest BCUT2D eigenvalue weighted by atomic mass is 35.5. The number of likely N-dealkylation sites (tertiary alicyclic amines) is 1. The van der Waals surface area contributed by atoms with Gasteiger partial charge in [0.15, 0.2) is 11.6 Å². The van der Waals surface area contributed by atoms with E-state index < -0.39 is 35.4 Å². The Kier molecular flexibility index (Phi) is 4.90. The summed E-state index contributed by atoms with van der Waals surface area (Å²) in [5.41, 5.74) is -0.335. The molecule has 1 aliphatic rings. The lowest BCUT2D eigenvalue weighted by atomic mass is 9.87. The molecule has 0 spiro atoms. The summed E-state index contributed by atoms with van der Waals surface area (Å²) in [4.78, 5) is 26.5. The minimum atomic E-state index is -4.46. The van der Waals surface area contributed by atoms with Gasteiger partial charge in [-0.2, -0.15) is 13.2 Å². The molecule has 1 fully saturated rings. The summed E-state index contributed by atoms with van der Waals surface area (Å²) >= 11 is 5.97. The van der Waals surface area contributed by atoms with Crippen LogP contribution in [-0.4, -0.2) is 35.5 Å². The standard InChI is InChI=1S/C17H15ClF3N3O3/c1-8-13(18)14(23-27-8)22-15(25)12-11(7-24(2)16(12)26)9-3-5-10(6-4-9)17(19,20)21/h3-6,11-12H,7H2,1-2H3,(H,22,23,25)/t11-,12+/m0/s1. The van der Waals surface area contributed by atoms with Crippen LogP contribution in [0.1, 0.15) is 22.8 Å². The second kappa shape index (κ2) is 6.88. The highest BCUT2D eigenvalue weighted by Crippen LogP contribution is 2.36. The summed E-state index contributed by atoms with van der Waals surface area (Å²) < 4.78 is 43.1. The van der Waals surface area contributed by atoms with Crippen LogP contribution in [0.15, 0.2) is 28.8 Å². The number of nitrogens with one attached hydrogen (secondary N) is 1. The van der Waals surface area contributed by atoms with Crippen molar-refractivity contribution < 1.29 is 27.3 Å². The van der Waals surface area contributed by atoms with Gasteiger partial charge in [-0.1, -0.05) is 28.9 Å². The number of alkyl halides is 3. The van der Waals surface area contributed by atoms with E-state index in [0.717, 1.165) is 12.1 Å². The van der Waals surface area contributed by atoms with Crippen LogP contribution in [0.5, 0.6) is 0 Å². The number of benzene rings is 1. The first kappa shape index (κ1) is 19.2. The van der Waals surface area contributed by atoms with Crippen molar-refractivity contribution in [3.05, 3.63) is 46.2 Å². The fourth-order valence-electron chi connectivity index (χ4n) is 3.05. The lowest BCUT2D eigenvalue weighted by Crippen LogP contribution is -2.32. The van der Waals surface area contributed by atoms with Crippen molar-refractivity contribution in [2.24, 2.45) is 5.92 Å². The molecule has 2 heterocycles. The SMILES string of the molecule is Cc1onc(NC(=O)[C@@H]2C(=O)N(C)C[C@H]2c2ccc(C(F)(F)F)cc2)c1Cl. The molecule has 1 aromatic carbocycles. The van der Waals surface area contributed by atoms with Crippen molar-refractivity contribution in [2.45, 2.75) is 19.0 Å². The van der Waals surface area contributed by atoms with E-state index in [0.29, 0.717) is 11.3 Å². The monoisotopic (exact) mass is 401 g/mol. The lowest BCUT2D eigenvalue weighted by molar-refractivity contribution is -0.138. The van der Waals surface area contributed by atoms with E-state index in [1.165, 1.54) is 24.1 Å². The number of hydrogen-bond acceptors (Lipinski definition) is 4. The highest BCUT2D eigenvalue weighted by Gasteiger charge is 2.44. The third-order valence-electron chi connectivity index (χ3n) is 4.50. The van der Waals surface area contributed by atoms with Crippen molar-refractivity contribution in [1.29, 1.82) is 0 Å². The zero-order valence-electron chi connectivity index (χ0n) is 14.3. The molecule has 1 saturated heterocycles. The Labute approximate surface area is 157 Å². The van der Waals surface area contributed by atoms with Gasteiger partial charge < -0.3 is 14.7 Å². The number of amides is 2. The van der Waals surface area contributed by atoms with Gasteiger partial charge in [-0.3, -0.25) is 9.59 Å². The predicted octanol–water partition coefficient (Wildman–Crippen LogP) is 3.47. The number of halogens is 4. The summed E-state index contributed by atoms with van der Waals surface area (Å²) in [5.74, 6) is -2.50. The van der Waals surface area contributed by atoms with Crippen LogP contribution in [0.3, 0.4) is 0 Å². The molecule has 2 atom stereocenters. The average Bonchev–Trinajstić information content (AvgIpc) is 3.08. The third-order valence-corrected chi connectivity index (χ3v) is 4.94. The molecule has 0 aliphatic carbocycles. The first-order valence-electron chi connectivity index (χ1n) is 7.94. The number of nitrogens with zero attached hydrogens (tertiary/aromatic N) is 2. The van der Waals surface area contributed by atoms with Crippen LogP contribution in [0.2, 0.25) is 5.02 Å². The Hall–Kier alpha value is -2.55. The van der Waals surface area contributed by atoms with Crippen LogP contribution in [0.25, 0.3) is 0 Å². The average molecular weight is 402 g/mol. The van der Waals surface area contributed by atoms with Crippen molar-refractivity contribution in [3.8, 4) is 0 Å². The first-order valence-corrected chi connectivity index (χ1v) is 8.32. The summed E-state index contributed by atoms with van der Waals surface area (Å²) in [6, 6.07) is 4.44. The van der Waals surface area contributed by atoms with Crippen molar-refractivity contribution in [3.63, 3.8) is 0 Å². The van der Waals surface area contributed by atoms with E-state index in [2.05, 4.69) is 10.5 Å². The lowest BCUT2D eigenvalue weighted by Gasteiger charge is -2.17. The summed E-state index contributed by atoms with van der Waals surface area (Å²) in [5, 5.41) is 6.19. The molecule has 1 N–H and O–H groups in total. The molecule has 1 aliphatic heterocycles. The number of aromatic nitrogens is 1. The number of carbonyl (C=O) groups is 2. The predicted molar refractivity (Wildman–Crippen MR) is 90.2 cm³/mol. The summed E-state index contributed by atoms with van der Waals surface area (Å²) in [6.07, 6.45) is -4.46. The number of rotatable bonds is 3. The van der Waals surface area contributed by atoms with E-state index in [1.54, 1.807) is 6.92 Å². The molecule has 0 saturated carbocycles. The number of carbonyl (C=O) groups excluding carboxylic acids is 2. The topological polar surface area (TPSA) is 75.4 Å². The van der Waals surface area contributed by atoms with Crippen LogP contribution in [-0.2, 0) is 15.8 Å². The molecular formula is C17H15ClF3N3O3. The maximum absolute atomic E-state index is 12.8. The minimum absolute atomic E-state index is 0.00677. The second-order valence-electron chi connectivity index (χ2n) is 6.31. The van der Waals surface area contributed by atoms with E-state index in [9.17, 15) is 22.8 Å². The molecule has 10 heteroatoms. The zero-order chi connectivity index (χ0) is 19.9. The molecule has 0 radical (unpaired) electrons. The molecule has 2 aromatic rings. The molecule has 1 aromatic heterocycles. The van der Waals surface area contributed by atoms with Gasteiger partial charge in [-0.05, 0) is 24.6 Å². The Morgan fingerprint density at radius 2 is 1.96 bits per heavy atom. The van der Waals surface area contributed by atoms with Crippen LogP contribution in [0.4, 0.5) is 19.0 Å². The molecule has 0 bridgehead atoms. The summed E-state index contributed by atoms with van der Waals surface area (Å²) in [6.45, 7) is 1.76. The normalized spacial score (nSPS) is 20.2. The molecule has 144 valence electrons. The first-order chi connectivity index (χ1) is 12.6. The number of likely N-dealkylation sites (N-methyl/N-ethyl adjacent to an activating group) is 1. The Bertz CT molecular complexity index is 880. The minimum Gasteiger partial charge on any atom is -0.358 e. The number of aryl methyl sites for hydroxylation is 1. The van der Waals surface area contributed by atoms with Gasteiger partial charge in [0.1, 0.15) is 10.9 Å². The van der Waals surface area contributed by atoms with Gasteiger partial charge in [0.25, 0.3) is 0 Å². The Morgan fingerprint density at radius 1 is 1.33 bits per heavy atom. The summed E-state index contributed by atoms with van der Waals surface area (Å²) in [7, 11) is 1.53. The molecule has 27 heavy (non-hydrogen) atoms. The number of hydrogen-bond donors (Lipinski definition) is 1. The van der Waals surface area contributed by atoms with E-state index in [-0.39, 0.29) is 17.4 Å². The molecule has 2 amide bonds. The van der Waals surface area contributed by atoms with E-state index >= 15 is 0 Å². The largest absolute Gasteiger partial charge is 0.416 e. The maximum atomic E-state index is 12.8.